The number of amides is 1. The molecule has 6 unspecified atom stereocenters. The van der Waals surface area contributed by atoms with E-state index < -0.39 is 17.7 Å². The first kappa shape index (κ1) is 41.4. The first-order valence-corrected chi connectivity index (χ1v) is 21.2. The monoisotopic (exact) mass is 790 g/mol. The Morgan fingerprint density at radius 1 is 0.983 bits per heavy atom. The smallest absolute Gasteiger partial charge is 0.239 e. The van der Waals surface area contributed by atoms with Crippen molar-refractivity contribution < 1.29 is 38.9 Å². The molecule has 2 N–H and O–H groups in total. The number of carbonyl (C=O) groups is 2. The molecule has 10 nitrogen and oxygen atoms in total. The molecule has 0 saturated heterocycles. The molecule has 308 valence electrons. The van der Waals surface area contributed by atoms with Crippen LogP contribution in [0.25, 0.3) is 0 Å². The lowest BCUT2D eigenvalue weighted by atomic mass is 9.55. The fourth-order valence-electron chi connectivity index (χ4n) is 9.48. The predicted molar refractivity (Wildman–Crippen MR) is 223 cm³/mol. The Hall–Kier alpha value is -4.77. The Balaban J connectivity index is 1.42. The quantitative estimate of drug-likeness (QED) is 0.0475. The minimum atomic E-state index is -1.29. The summed E-state index contributed by atoms with van der Waals surface area (Å²) in [6.45, 7) is 7.41. The molecule has 0 aromatic heterocycles. The first-order chi connectivity index (χ1) is 28.4. The number of carbonyl (C=O) groups excluding carboxylic acids is 2. The molecular weight excluding hydrogens is 733 g/mol. The van der Waals surface area contributed by atoms with Crippen molar-refractivity contribution in [3.63, 3.8) is 0 Å². The van der Waals surface area contributed by atoms with E-state index in [-0.39, 0.29) is 49.4 Å². The first-order valence-electron chi connectivity index (χ1n) is 21.2. The number of aliphatic hydroxyl groups excluding tert-OH is 2. The fourth-order valence-corrected chi connectivity index (χ4v) is 9.48. The molecule has 0 radical (unpaired) electrons. The Morgan fingerprint density at radius 3 is 2.48 bits per heavy atom. The lowest BCUT2D eigenvalue weighted by molar-refractivity contribution is -0.257. The Kier molecular flexibility index (Phi) is 13.8. The van der Waals surface area contributed by atoms with Crippen LogP contribution < -0.4 is 9.47 Å². The van der Waals surface area contributed by atoms with Crippen LogP contribution in [0.5, 0.6) is 17.2 Å². The van der Waals surface area contributed by atoms with Crippen molar-refractivity contribution in [3.05, 3.63) is 114 Å². The van der Waals surface area contributed by atoms with E-state index in [0.29, 0.717) is 55.2 Å². The third-order valence-electron chi connectivity index (χ3n) is 12.2. The topological polar surface area (TPSA) is 127 Å². The predicted octanol–water partition coefficient (Wildman–Crippen LogP) is 8.77. The largest absolute Gasteiger partial charge is 0.459 e. The Bertz CT molecular complexity index is 1940. The van der Waals surface area contributed by atoms with Gasteiger partial charge < -0.3 is 34.2 Å². The maximum atomic E-state index is 14.4. The van der Waals surface area contributed by atoms with Crippen molar-refractivity contribution >= 4 is 17.9 Å². The summed E-state index contributed by atoms with van der Waals surface area (Å²) in [5.41, 5.74) is 4.27. The highest BCUT2D eigenvalue weighted by molar-refractivity contribution is 6.03. The van der Waals surface area contributed by atoms with Gasteiger partial charge in [-0.05, 0) is 98.2 Å². The summed E-state index contributed by atoms with van der Waals surface area (Å²) in [6.07, 6.45) is 12.5. The number of rotatable bonds is 21. The van der Waals surface area contributed by atoms with Crippen LogP contribution in [0.4, 0.5) is 0 Å². The van der Waals surface area contributed by atoms with Crippen LogP contribution in [0.3, 0.4) is 0 Å². The van der Waals surface area contributed by atoms with Crippen molar-refractivity contribution in [3.8, 4) is 17.2 Å². The van der Waals surface area contributed by atoms with E-state index in [9.17, 15) is 19.8 Å². The zero-order valence-corrected chi connectivity index (χ0v) is 33.7. The van der Waals surface area contributed by atoms with E-state index in [4.69, 9.17) is 24.2 Å². The van der Waals surface area contributed by atoms with Crippen molar-refractivity contribution in [2.24, 2.45) is 28.8 Å². The molecule has 6 atom stereocenters. The highest BCUT2D eigenvalue weighted by atomic mass is 16.7. The molecule has 0 spiro atoms. The summed E-state index contributed by atoms with van der Waals surface area (Å²) in [6, 6.07) is 22.4. The summed E-state index contributed by atoms with van der Waals surface area (Å²) in [5, 5.41) is 24.8. The van der Waals surface area contributed by atoms with Gasteiger partial charge in [0.1, 0.15) is 36.2 Å². The highest BCUT2D eigenvalue weighted by Crippen LogP contribution is 2.62. The van der Waals surface area contributed by atoms with E-state index >= 15 is 0 Å². The summed E-state index contributed by atoms with van der Waals surface area (Å²) in [5.74, 6) is 0.263. The van der Waals surface area contributed by atoms with Crippen LogP contribution in [0, 0.1) is 23.7 Å². The molecule has 2 saturated carbocycles. The number of unbranched alkanes of at least 4 members (excludes halogenated alkanes) is 2. The number of aldehydes is 1. The van der Waals surface area contributed by atoms with Gasteiger partial charge in [0.2, 0.25) is 11.7 Å². The van der Waals surface area contributed by atoms with Gasteiger partial charge in [0.15, 0.2) is 0 Å². The SMILES string of the molecule is C=CCOC12Oc3ccc(Oc4cccc(C=O)c4)cc3C3C(CCCCO)C(CCCCO)C=C(C(=NOCc4ccccc4)CC1N(CCC)C(=O)C1CC1)C32. The normalized spacial score (nSPS) is 25.1. The second-order valence-corrected chi connectivity index (χ2v) is 16.1. The van der Waals surface area contributed by atoms with Gasteiger partial charge in [-0.3, -0.25) is 9.59 Å². The van der Waals surface area contributed by atoms with Gasteiger partial charge in [-0.2, -0.15) is 0 Å². The van der Waals surface area contributed by atoms with Gasteiger partial charge in [0.05, 0.1) is 18.2 Å². The third-order valence-corrected chi connectivity index (χ3v) is 12.2. The van der Waals surface area contributed by atoms with Crippen molar-refractivity contribution in [2.75, 3.05) is 26.4 Å². The Morgan fingerprint density at radius 2 is 1.76 bits per heavy atom. The second-order valence-electron chi connectivity index (χ2n) is 16.1. The molecule has 1 heterocycles. The van der Waals surface area contributed by atoms with Crippen molar-refractivity contribution in [1.82, 2.24) is 4.90 Å². The fraction of sp³-hybridized carbons (Fsp3) is 0.479. The maximum Gasteiger partial charge on any atom is 0.239 e. The zero-order valence-electron chi connectivity index (χ0n) is 33.7. The number of ether oxygens (including phenoxy) is 3. The molecule has 10 heteroatoms. The second kappa shape index (κ2) is 19.3. The Labute approximate surface area is 342 Å². The standard InChI is InChI=1S/C48H58N2O8/c1-3-23-50(47(54)35-19-20-35)44-30-42(49-56-32-33-13-6-5-7-14-33)40-28-36(16-8-10-24-51)39(18-9-11-25-52)45-41-29-38(57-37-17-12-15-34(27-37)31-53)21-22-43(41)58-48(44,46(40)45)55-26-4-2/h4-7,12-15,17,21-22,27-29,31,35-36,39,44-46,51-52H,2-3,8-11,16,18-20,23-26,30,32H2,1H3. The lowest BCUT2D eigenvalue weighted by Gasteiger charge is -2.60. The number of nitrogens with zero attached hydrogens (tertiary/aromatic N) is 2. The summed E-state index contributed by atoms with van der Waals surface area (Å²) < 4.78 is 20.9. The van der Waals surface area contributed by atoms with Crippen LogP contribution in [-0.4, -0.2) is 71.2 Å². The van der Waals surface area contributed by atoms with Gasteiger partial charge in [-0.1, -0.05) is 79.5 Å². The molecule has 1 amide bonds. The number of fused-ring (bicyclic) bond motifs is 2. The molecule has 3 aliphatic carbocycles. The molecule has 3 aromatic carbocycles. The molecule has 1 aliphatic heterocycles. The van der Waals surface area contributed by atoms with Crippen LogP contribution in [0.2, 0.25) is 0 Å². The van der Waals surface area contributed by atoms with Gasteiger partial charge in [0.25, 0.3) is 0 Å². The summed E-state index contributed by atoms with van der Waals surface area (Å²) >= 11 is 0. The molecule has 7 rings (SSSR count). The van der Waals surface area contributed by atoms with E-state index in [0.717, 1.165) is 73.6 Å². The van der Waals surface area contributed by atoms with Crippen LogP contribution >= 0.6 is 0 Å². The number of oxime groups is 1. The van der Waals surface area contributed by atoms with Crippen LogP contribution in [0.15, 0.2) is 102 Å². The zero-order chi connectivity index (χ0) is 40.5. The number of benzene rings is 3. The molecule has 2 fully saturated rings. The van der Waals surface area contributed by atoms with Crippen LogP contribution in [-0.2, 0) is 21.0 Å². The average molecular weight is 791 g/mol. The average Bonchev–Trinajstić information content (AvgIpc) is 4.10. The minimum absolute atomic E-state index is 0.0211. The van der Waals surface area contributed by atoms with E-state index in [2.05, 4.69) is 25.6 Å². The van der Waals surface area contributed by atoms with Gasteiger partial charge in [-0.25, -0.2) is 0 Å². The molecule has 3 aromatic rings. The summed E-state index contributed by atoms with van der Waals surface area (Å²) in [4.78, 5) is 34.3. The number of aliphatic hydroxyl groups is 2. The van der Waals surface area contributed by atoms with Gasteiger partial charge in [0, 0.05) is 49.1 Å². The molecule has 58 heavy (non-hydrogen) atoms. The van der Waals surface area contributed by atoms with E-state index in [1.165, 1.54) is 0 Å². The third kappa shape index (κ3) is 8.94. The van der Waals surface area contributed by atoms with E-state index in [1.54, 1.807) is 24.3 Å². The maximum absolute atomic E-state index is 14.4. The van der Waals surface area contributed by atoms with Crippen molar-refractivity contribution in [2.45, 2.75) is 95.5 Å². The number of hydrogen-bond acceptors (Lipinski definition) is 9. The number of allylic oxidation sites excluding steroid dienone is 1. The molecule has 4 aliphatic rings. The van der Waals surface area contributed by atoms with Crippen molar-refractivity contribution in [1.29, 1.82) is 0 Å². The molecule has 0 bridgehead atoms. The minimum Gasteiger partial charge on any atom is -0.459 e. The van der Waals surface area contributed by atoms with E-state index in [1.807, 2.05) is 53.4 Å². The highest BCUT2D eigenvalue weighted by Gasteiger charge is 2.65. The number of hydrogen-bond donors (Lipinski definition) is 2. The molecular formula is C48H58N2O8. The van der Waals surface area contributed by atoms with Gasteiger partial charge in [-0.15, -0.1) is 6.58 Å². The lowest BCUT2D eigenvalue weighted by Crippen LogP contribution is -2.70. The van der Waals surface area contributed by atoms with Crippen LogP contribution in [0.1, 0.15) is 98.5 Å². The van der Waals surface area contributed by atoms with Gasteiger partial charge >= 0.3 is 0 Å². The summed E-state index contributed by atoms with van der Waals surface area (Å²) in [7, 11) is 0.